The van der Waals surface area contributed by atoms with E-state index in [4.69, 9.17) is 4.74 Å². The summed E-state index contributed by atoms with van der Waals surface area (Å²) in [5, 5.41) is 1.15. The largest absolute Gasteiger partial charge is 0.497 e. The molecule has 2 atom stereocenters. The van der Waals surface area contributed by atoms with Crippen LogP contribution < -0.4 is 4.74 Å². The molecule has 0 bridgehead atoms. The van der Waals surface area contributed by atoms with Gasteiger partial charge >= 0.3 is 0 Å². The summed E-state index contributed by atoms with van der Waals surface area (Å²) >= 11 is 0. The van der Waals surface area contributed by atoms with E-state index in [-0.39, 0.29) is 18.0 Å². The van der Waals surface area contributed by atoms with E-state index in [1.54, 1.807) is 7.11 Å². The van der Waals surface area contributed by atoms with Gasteiger partial charge < -0.3 is 14.2 Å². The first-order chi connectivity index (χ1) is 17.6. The third kappa shape index (κ3) is 3.33. The van der Waals surface area contributed by atoms with Gasteiger partial charge in [-0.05, 0) is 42.3 Å². The number of methoxy groups -OCH3 is 1. The van der Waals surface area contributed by atoms with Crippen LogP contribution in [0.4, 0.5) is 0 Å². The standard InChI is InChI=1S/C32H28N2O2/c1-21(22-12-5-4-6-13-22)34-31(25-16-7-8-17-26(25)32(34)35)29-27-18-9-10-19-28(27)33(2)30(29)23-14-11-15-24(20-23)36-3/h4-21,31H,1-3H3/t21-,31-/m1/s1. The van der Waals surface area contributed by atoms with Crippen molar-refractivity contribution in [2.24, 2.45) is 7.05 Å². The summed E-state index contributed by atoms with van der Waals surface area (Å²) in [6.45, 7) is 2.13. The molecule has 0 aliphatic carbocycles. The number of carbonyl (C=O) groups excluding carboxylic acids is 1. The molecule has 4 nitrogen and oxygen atoms in total. The maximum atomic E-state index is 14.0. The van der Waals surface area contributed by atoms with Gasteiger partial charge in [-0.1, -0.05) is 78.9 Å². The van der Waals surface area contributed by atoms with Gasteiger partial charge in [0.15, 0.2) is 0 Å². The van der Waals surface area contributed by atoms with E-state index in [1.807, 2.05) is 48.5 Å². The molecule has 1 aliphatic rings. The van der Waals surface area contributed by atoms with E-state index in [1.165, 1.54) is 0 Å². The number of para-hydroxylation sites is 1. The van der Waals surface area contributed by atoms with Gasteiger partial charge in [-0.3, -0.25) is 4.79 Å². The van der Waals surface area contributed by atoms with Gasteiger partial charge in [0.2, 0.25) is 0 Å². The molecule has 5 aromatic rings. The van der Waals surface area contributed by atoms with Crippen LogP contribution in [0.2, 0.25) is 0 Å². The Bertz CT molecular complexity index is 1580. The molecule has 4 aromatic carbocycles. The minimum atomic E-state index is -0.226. The van der Waals surface area contributed by atoms with Crippen molar-refractivity contribution in [2.45, 2.75) is 19.0 Å². The van der Waals surface area contributed by atoms with Crippen molar-refractivity contribution in [2.75, 3.05) is 7.11 Å². The second-order valence-electron chi connectivity index (χ2n) is 9.36. The number of ether oxygens (including phenoxy) is 1. The van der Waals surface area contributed by atoms with Gasteiger partial charge in [-0.25, -0.2) is 0 Å². The van der Waals surface area contributed by atoms with Crippen LogP contribution in [0.25, 0.3) is 22.2 Å². The second-order valence-corrected chi connectivity index (χ2v) is 9.36. The first-order valence-corrected chi connectivity index (χ1v) is 12.3. The quantitative estimate of drug-likeness (QED) is 0.272. The topological polar surface area (TPSA) is 34.5 Å². The van der Waals surface area contributed by atoms with Crippen LogP contribution in [0, 0.1) is 0 Å². The zero-order valence-electron chi connectivity index (χ0n) is 20.7. The normalized spacial score (nSPS) is 15.8. The van der Waals surface area contributed by atoms with Gasteiger partial charge in [0.05, 0.1) is 24.9 Å². The van der Waals surface area contributed by atoms with E-state index in [9.17, 15) is 4.79 Å². The molecule has 6 rings (SSSR count). The van der Waals surface area contributed by atoms with Gasteiger partial charge in [0.1, 0.15) is 5.75 Å². The highest BCUT2D eigenvalue weighted by molar-refractivity contribution is 6.02. The number of rotatable bonds is 5. The summed E-state index contributed by atoms with van der Waals surface area (Å²) in [5.74, 6) is 0.873. The fourth-order valence-corrected chi connectivity index (χ4v) is 5.74. The van der Waals surface area contributed by atoms with Crippen LogP contribution in [0.3, 0.4) is 0 Å². The Balaban J connectivity index is 1.66. The van der Waals surface area contributed by atoms with Crippen molar-refractivity contribution < 1.29 is 9.53 Å². The maximum Gasteiger partial charge on any atom is 0.255 e. The molecule has 0 N–H and O–H groups in total. The molecular weight excluding hydrogens is 444 g/mol. The Morgan fingerprint density at radius 1 is 0.833 bits per heavy atom. The zero-order valence-corrected chi connectivity index (χ0v) is 20.7. The van der Waals surface area contributed by atoms with Crippen LogP contribution in [-0.2, 0) is 7.05 Å². The number of hydrogen-bond acceptors (Lipinski definition) is 2. The summed E-state index contributed by atoms with van der Waals surface area (Å²) in [6.07, 6.45) is 0. The Kier molecular flexibility index (Phi) is 5.37. The van der Waals surface area contributed by atoms with Crippen LogP contribution >= 0.6 is 0 Å². The average molecular weight is 473 g/mol. The Morgan fingerprint density at radius 3 is 2.36 bits per heavy atom. The smallest absolute Gasteiger partial charge is 0.255 e. The highest BCUT2D eigenvalue weighted by Crippen LogP contribution is 2.49. The number of aromatic nitrogens is 1. The van der Waals surface area contributed by atoms with E-state index in [0.29, 0.717) is 0 Å². The Hall–Kier alpha value is -4.31. The number of hydrogen-bond donors (Lipinski definition) is 0. The molecule has 1 amide bonds. The molecule has 36 heavy (non-hydrogen) atoms. The minimum absolute atomic E-state index is 0.0662. The summed E-state index contributed by atoms with van der Waals surface area (Å²) in [6, 6.07) is 34.7. The second kappa shape index (κ2) is 8.72. The van der Waals surface area contributed by atoms with Crippen LogP contribution in [-0.4, -0.2) is 22.5 Å². The molecule has 4 heteroatoms. The molecule has 1 aromatic heterocycles. The predicted octanol–water partition coefficient (Wildman–Crippen LogP) is 7.16. The van der Waals surface area contributed by atoms with Crippen LogP contribution in [0.15, 0.2) is 103 Å². The summed E-state index contributed by atoms with van der Waals surface area (Å²) in [7, 11) is 3.80. The van der Waals surface area contributed by atoms with Crippen molar-refractivity contribution in [1.82, 2.24) is 9.47 Å². The average Bonchev–Trinajstić information content (AvgIpc) is 3.39. The number of amides is 1. The molecule has 0 saturated carbocycles. The fourth-order valence-electron chi connectivity index (χ4n) is 5.74. The molecular formula is C32H28N2O2. The zero-order chi connectivity index (χ0) is 24.8. The first kappa shape index (κ1) is 22.2. The molecule has 0 fully saturated rings. The number of benzene rings is 4. The predicted molar refractivity (Wildman–Crippen MR) is 144 cm³/mol. The Morgan fingerprint density at radius 2 is 1.56 bits per heavy atom. The maximum absolute atomic E-state index is 14.0. The molecule has 1 aliphatic heterocycles. The molecule has 178 valence electrons. The van der Waals surface area contributed by atoms with Crippen LogP contribution in [0.5, 0.6) is 5.75 Å². The molecule has 2 heterocycles. The lowest BCUT2D eigenvalue weighted by molar-refractivity contribution is 0.0678. The SMILES string of the molecule is COc1cccc(-c2c([C@H]3c4ccccc4C(=O)N3[C@H](C)c3ccccc3)c3ccccc3n2C)c1. The van der Waals surface area contributed by atoms with E-state index in [2.05, 4.69) is 78.0 Å². The van der Waals surface area contributed by atoms with Crippen molar-refractivity contribution in [3.05, 3.63) is 125 Å². The summed E-state index contributed by atoms with van der Waals surface area (Å²) in [5.41, 5.74) is 7.37. The van der Waals surface area contributed by atoms with E-state index >= 15 is 0 Å². The number of carbonyl (C=O) groups is 1. The highest BCUT2D eigenvalue weighted by Gasteiger charge is 2.43. The number of aryl methyl sites for hydroxylation is 1. The van der Waals surface area contributed by atoms with Crippen molar-refractivity contribution in [1.29, 1.82) is 0 Å². The number of nitrogens with zero attached hydrogens (tertiary/aromatic N) is 2. The molecule has 0 unspecified atom stereocenters. The Labute approximate surface area is 211 Å². The van der Waals surface area contributed by atoms with Crippen LogP contribution in [0.1, 0.15) is 46.1 Å². The highest BCUT2D eigenvalue weighted by atomic mass is 16.5. The molecule has 0 saturated heterocycles. The molecule has 0 radical (unpaired) electrons. The van der Waals surface area contributed by atoms with E-state index in [0.717, 1.165) is 50.2 Å². The lowest BCUT2D eigenvalue weighted by atomic mass is 9.92. The van der Waals surface area contributed by atoms with Crippen molar-refractivity contribution in [3.63, 3.8) is 0 Å². The van der Waals surface area contributed by atoms with Crippen molar-refractivity contribution in [3.8, 4) is 17.0 Å². The number of fused-ring (bicyclic) bond motifs is 2. The fraction of sp³-hybridized carbons (Fsp3) is 0.156. The third-order valence-corrected chi connectivity index (χ3v) is 7.46. The first-order valence-electron chi connectivity index (χ1n) is 12.3. The minimum Gasteiger partial charge on any atom is -0.497 e. The summed E-state index contributed by atoms with van der Waals surface area (Å²) < 4.78 is 7.82. The summed E-state index contributed by atoms with van der Waals surface area (Å²) in [4.78, 5) is 16.0. The lowest BCUT2D eigenvalue weighted by Gasteiger charge is -2.32. The van der Waals surface area contributed by atoms with E-state index < -0.39 is 0 Å². The van der Waals surface area contributed by atoms with Gasteiger partial charge in [0, 0.05) is 34.6 Å². The lowest BCUT2D eigenvalue weighted by Crippen LogP contribution is -2.31. The van der Waals surface area contributed by atoms with Gasteiger partial charge in [-0.15, -0.1) is 0 Å². The van der Waals surface area contributed by atoms with Gasteiger partial charge in [-0.2, -0.15) is 0 Å². The van der Waals surface area contributed by atoms with Gasteiger partial charge in [0.25, 0.3) is 5.91 Å². The molecule has 0 spiro atoms. The van der Waals surface area contributed by atoms with Crippen molar-refractivity contribution >= 4 is 16.8 Å². The monoisotopic (exact) mass is 472 g/mol. The third-order valence-electron chi connectivity index (χ3n) is 7.46.